The Kier molecular flexibility index (Phi) is 6.10. The summed E-state index contributed by atoms with van der Waals surface area (Å²) in [4.78, 5) is 2.28. The van der Waals surface area contributed by atoms with Gasteiger partial charge in [-0.15, -0.1) is 0 Å². The quantitative estimate of drug-likeness (QED) is 0.192. The van der Waals surface area contributed by atoms with Gasteiger partial charge in [-0.25, -0.2) is 0 Å². The summed E-state index contributed by atoms with van der Waals surface area (Å²) >= 11 is 0. The summed E-state index contributed by atoms with van der Waals surface area (Å²) in [5, 5.41) is 3.32. The first-order chi connectivity index (χ1) is 22.8. The van der Waals surface area contributed by atoms with Gasteiger partial charge in [-0.1, -0.05) is 91.0 Å². The summed E-state index contributed by atoms with van der Waals surface area (Å²) in [6.07, 6.45) is 5.52. The van der Waals surface area contributed by atoms with Crippen LogP contribution in [0.1, 0.15) is 0 Å². The number of benzene rings is 6. The predicted molar refractivity (Wildman–Crippen MR) is 187 cm³/mol. The number of anilines is 3. The van der Waals surface area contributed by atoms with Crippen molar-refractivity contribution in [2.75, 3.05) is 4.90 Å². The van der Waals surface area contributed by atoms with Crippen LogP contribution in [0.15, 0.2) is 178 Å². The molecule has 0 aliphatic rings. The lowest BCUT2D eigenvalue weighted by molar-refractivity contribution is 0.616. The molecule has 0 radical (unpaired) electrons. The van der Waals surface area contributed by atoms with E-state index < -0.39 is 0 Å². The number of hydrogen-bond acceptors (Lipinski definition) is 4. The molecule has 0 atom stereocenters. The zero-order valence-corrected chi connectivity index (χ0v) is 24.8. The third-order valence-electron chi connectivity index (χ3n) is 8.75. The molecule has 0 fully saturated rings. The van der Waals surface area contributed by atoms with E-state index in [9.17, 15) is 0 Å². The van der Waals surface area contributed by atoms with Crippen molar-refractivity contribution in [2.24, 2.45) is 0 Å². The lowest BCUT2D eigenvalue weighted by Gasteiger charge is -2.26. The maximum absolute atomic E-state index is 5.83. The van der Waals surface area contributed by atoms with Crippen molar-refractivity contribution in [1.82, 2.24) is 0 Å². The van der Waals surface area contributed by atoms with E-state index in [1.807, 2.05) is 73.4 Å². The molecule has 0 unspecified atom stereocenters. The average molecular weight is 594 g/mol. The van der Waals surface area contributed by atoms with E-state index in [0.717, 1.165) is 83.4 Å². The maximum atomic E-state index is 5.83. The molecule has 0 aliphatic carbocycles. The number of rotatable bonds is 6. The first kappa shape index (κ1) is 26.2. The van der Waals surface area contributed by atoms with Crippen molar-refractivity contribution in [1.29, 1.82) is 0 Å². The first-order valence-electron chi connectivity index (χ1n) is 15.3. The molecule has 0 bridgehead atoms. The Labute approximate surface area is 265 Å². The Hall–Kier alpha value is -6.26. The molecule has 9 rings (SSSR count). The predicted octanol–water partition coefficient (Wildman–Crippen LogP) is 12.4. The van der Waals surface area contributed by atoms with Crippen molar-refractivity contribution < 1.29 is 13.3 Å². The third-order valence-corrected chi connectivity index (χ3v) is 8.75. The van der Waals surface area contributed by atoms with E-state index in [2.05, 4.69) is 95.9 Å². The van der Waals surface area contributed by atoms with E-state index in [-0.39, 0.29) is 0 Å². The molecule has 4 nitrogen and oxygen atoms in total. The fourth-order valence-electron chi connectivity index (χ4n) is 6.42. The molecule has 3 heterocycles. The molecule has 0 N–H and O–H groups in total. The molecule has 46 heavy (non-hydrogen) atoms. The lowest BCUT2D eigenvalue weighted by atomic mass is 10.0. The maximum Gasteiger partial charge on any atom is 0.134 e. The molecule has 218 valence electrons. The van der Waals surface area contributed by atoms with Gasteiger partial charge in [0, 0.05) is 49.9 Å². The van der Waals surface area contributed by atoms with Crippen LogP contribution in [0.4, 0.5) is 17.1 Å². The van der Waals surface area contributed by atoms with Gasteiger partial charge in [-0.3, -0.25) is 0 Å². The topological polar surface area (TPSA) is 42.7 Å². The van der Waals surface area contributed by atoms with Gasteiger partial charge in [0.25, 0.3) is 0 Å². The van der Waals surface area contributed by atoms with Crippen LogP contribution in [0.5, 0.6) is 0 Å². The molecular formula is C42H27NO3. The molecule has 6 aromatic carbocycles. The van der Waals surface area contributed by atoms with E-state index >= 15 is 0 Å². The van der Waals surface area contributed by atoms with E-state index in [1.165, 1.54) is 0 Å². The van der Waals surface area contributed by atoms with Gasteiger partial charge >= 0.3 is 0 Å². The summed E-state index contributed by atoms with van der Waals surface area (Å²) in [6.45, 7) is 0. The molecule has 0 amide bonds. The summed E-state index contributed by atoms with van der Waals surface area (Å²) in [5.74, 6) is 0. The standard InChI is InChI=1S/C42H27NO3/c1-4-10-40-34(7-1)37(25-44-40)28-13-19-31(20-14-28)43(32-21-15-29(16-22-32)38-26-45-41-11-5-2-8-35(38)41)33-23-17-30(18-24-33)39-27-46-42-12-6-3-9-36(39)42/h1-27H. The zero-order chi connectivity index (χ0) is 30.5. The molecule has 0 saturated heterocycles. The number of nitrogens with zero attached hydrogens (tertiary/aromatic N) is 1. The van der Waals surface area contributed by atoms with E-state index in [0.29, 0.717) is 0 Å². The van der Waals surface area contributed by atoms with Crippen molar-refractivity contribution in [3.8, 4) is 33.4 Å². The highest BCUT2D eigenvalue weighted by molar-refractivity contribution is 5.96. The van der Waals surface area contributed by atoms with Crippen LogP contribution in [0, 0.1) is 0 Å². The third kappa shape index (κ3) is 4.39. The fourth-order valence-corrected chi connectivity index (χ4v) is 6.42. The van der Waals surface area contributed by atoms with Crippen LogP contribution in [0.25, 0.3) is 66.3 Å². The van der Waals surface area contributed by atoms with Crippen molar-refractivity contribution in [3.05, 3.63) is 164 Å². The summed E-state index contributed by atoms with van der Waals surface area (Å²) < 4.78 is 17.5. The summed E-state index contributed by atoms with van der Waals surface area (Å²) in [6, 6.07) is 50.5. The van der Waals surface area contributed by atoms with Gasteiger partial charge in [-0.2, -0.15) is 0 Å². The molecule has 4 heteroatoms. The second-order valence-electron chi connectivity index (χ2n) is 11.4. The molecule has 3 aromatic heterocycles. The van der Waals surface area contributed by atoms with Crippen LogP contribution in [-0.4, -0.2) is 0 Å². The Morgan fingerprint density at radius 2 is 0.587 bits per heavy atom. The van der Waals surface area contributed by atoms with Gasteiger partial charge in [-0.05, 0) is 71.3 Å². The minimum absolute atomic E-state index is 0.888. The van der Waals surface area contributed by atoms with Gasteiger partial charge in [0.15, 0.2) is 0 Å². The molecule has 9 aromatic rings. The minimum atomic E-state index is 0.888. The Balaban J connectivity index is 1.11. The number of fused-ring (bicyclic) bond motifs is 3. The SMILES string of the molecule is c1ccc2c(-c3ccc(N(c4ccc(-c5coc6ccccc56)cc4)c4ccc(-c5coc6ccccc56)cc4)cc3)coc2c1. The fraction of sp³-hybridized carbons (Fsp3) is 0. The van der Waals surface area contributed by atoms with Gasteiger partial charge < -0.3 is 18.2 Å². The smallest absolute Gasteiger partial charge is 0.134 e. The van der Waals surface area contributed by atoms with Gasteiger partial charge in [0.1, 0.15) is 16.7 Å². The highest BCUT2D eigenvalue weighted by Crippen LogP contribution is 2.40. The normalized spacial score (nSPS) is 11.5. The number of para-hydroxylation sites is 3. The largest absolute Gasteiger partial charge is 0.464 e. The van der Waals surface area contributed by atoms with Crippen LogP contribution in [0.2, 0.25) is 0 Å². The van der Waals surface area contributed by atoms with Gasteiger partial charge in [0.2, 0.25) is 0 Å². The molecule has 0 saturated carbocycles. The van der Waals surface area contributed by atoms with E-state index in [4.69, 9.17) is 13.3 Å². The Bertz CT molecular complexity index is 2180. The van der Waals surface area contributed by atoms with E-state index in [1.54, 1.807) is 0 Å². The van der Waals surface area contributed by atoms with Crippen molar-refractivity contribution in [3.63, 3.8) is 0 Å². The lowest BCUT2D eigenvalue weighted by Crippen LogP contribution is -2.09. The van der Waals surface area contributed by atoms with Crippen molar-refractivity contribution in [2.45, 2.75) is 0 Å². The van der Waals surface area contributed by atoms with Crippen LogP contribution >= 0.6 is 0 Å². The highest BCUT2D eigenvalue weighted by atomic mass is 16.3. The number of hydrogen-bond donors (Lipinski definition) is 0. The highest BCUT2D eigenvalue weighted by Gasteiger charge is 2.16. The molecular weight excluding hydrogens is 566 g/mol. The molecule has 0 spiro atoms. The minimum Gasteiger partial charge on any atom is -0.464 e. The summed E-state index contributed by atoms with van der Waals surface area (Å²) in [7, 11) is 0. The van der Waals surface area contributed by atoms with Crippen LogP contribution in [0.3, 0.4) is 0 Å². The Morgan fingerprint density at radius 1 is 0.304 bits per heavy atom. The first-order valence-corrected chi connectivity index (χ1v) is 15.3. The molecule has 0 aliphatic heterocycles. The Morgan fingerprint density at radius 3 is 0.891 bits per heavy atom. The summed E-state index contributed by atoms with van der Waals surface area (Å²) in [5.41, 5.74) is 12.4. The van der Waals surface area contributed by atoms with Gasteiger partial charge in [0.05, 0.1) is 18.8 Å². The zero-order valence-electron chi connectivity index (χ0n) is 24.8. The second-order valence-corrected chi connectivity index (χ2v) is 11.4. The van der Waals surface area contributed by atoms with Crippen molar-refractivity contribution >= 4 is 50.0 Å². The number of furan rings is 3. The van der Waals surface area contributed by atoms with Crippen LogP contribution < -0.4 is 4.90 Å². The second kappa shape index (κ2) is 10.7. The van der Waals surface area contributed by atoms with Crippen LogP contribution in [-0.2, 0) is 0 Å². The average Bonchev–Trinajstić information content (AvgIpc) is 3.87. The monoisotopic (exact) mass is 593 g/mol.